The predicted molar refractivity (Wildman–Crippen MR) is 114 cm³/mol. The van der Waals surface area contributed by atoms with Crippen molar-refractivity contribution in [2.45, 2.75) is 52.1 Å². The second-order valence-corrected chi connectivity index (χ2v) is 9.29. The summed E-state index contributed by atoms with van der Waals surface area (Å²) in [7, 11) is 0. The SMILES string of the molecule is CC(C)(C)C1CCC2(CC1)Nc1ccccc1C(=O)N2NC(=O)c1ccccc1. The fourth-order valence-electron chi connectivity index (χ4n) is 4.62. The molecule has 1 aliphatic heterocycles. The lowest BCUT2D eigenvalue weighted by Gasteiger charge is -2.52. The molecule has 2 aliphatic rings. The van der Waals surface area contributed by atoms with Gasteiger partial charge in [-0.05, 0) is 61.3 Å². The Morgan fingerprint density at radius 2 is 1.66 bits per heavy atom. The molecule has 0 saturated heterocycles. The van der Waals surface area contributed by atoms with Gasteiger partial charge in [-0.1, -0.05) is 51.1 Å². The van der Waals surface area contributed by atoms with Crippen molar-refractivity contribution in [1.29, 1.82) is 0 Å². The van der Waals surface area contributed by atoms with Gasteiger partial charge in [0.05, 0.1) is 5.56 Å². The van der Waals surface area contributed by atoms with Crippen LogP contribution in [0.1, 0.15) is 67.2 Å². The molecule has 2 aromatic rings. The number of rotatable bonds is 2. The van der Waals surface area contributed by atoms with Crippen molar-refractivity contribution < 1.29 is 9.59 Å². The molecule has 0 bridgehead atoms. The minimum atomic E-state index is -0.600. The molecule has 4 rings (SSSR count). The van der Waals surface area contributed by atoms with Gasteiger partial charge in [0.25, 0.3) is 11.8 Å². The Morgan fingerprint density at radius 1 is 1.03 bits per heavy atom. The maximum Gasteiger partial charge on any atom is 0.276 e. The third-order valence-corrected chi connectivity index (χ3v) is 6.44. The first-order chi connectivity index (χ1) is 13.8. The van der Waals surface area contributed by atoms with Crippen LogP contribution in [0.15, 0.2) is 54.6 Å². The molecule has 5 heteroatoms. The molecule has 0 radical (unpaired) electrons. The van der Waals surface area contributed by atoms with Crippen molar-refractivity contribution in [1.82, 2.24) is 10.4 Å². The van der Waals surface area contributed by atoms with Crippen LogP contribution in [-0.4, -0.2) is 22.5 Å². The van der Waals surface area contributed by atoms with Gasteiger partial charge in [-0.2, -0.15) is 0 Å². The van der Waals surface area contributed by atoms with Crippen molar-refractivity contribution >= 4 is 17.5 Å². The summed E-state index contributed by atoms with van der Waals surface area (Å²) < 4.78 is 0. The smallest absolute Gasteiger partial charge is 0.276 e. The molecule has 1 aliphatic carbocycles. The average Bonchev–Trinajstić information content (AvgIpc) is 2.71. The molecule has 0 atom stereocenters. The second-order valence-electron chi connectivity index (χ2n) is 9.29. The van der Waals surface area contributed by atoms with E-state index in [-0.39, 0.29) is 17.2 Å². The van der Waals surface area contributed by atoms with E-state index in [2.05, 4.69) is 31.5 Å². The molecule has 2 amide bonds. The summed E-state index contributed by atoms with van der Waals surface area (Å²) in [6.45, 7) is 6.83. The third kappa shape index (κ3) is 3.61. The van der Waals surface area contributed by atoms with Gasteiger partial charge in [0.1, 0.15) is 5.66 Å². The lowest BCUT2D eigenvalue weighted by Crippen LogP contribution is -2.67. The molecule has 1 fully saturated rings. The Balaban J connectivity index is 1.66. The predicted octanol–water partition coefficient (Wildman–Crippen LogP) is 4.83. The van der Waals surface area contributed by atoms with Crippen LogP contribution in [-0.2, 0) is 0 Å². The second kappa shape index (κ2) is 7.21. The van der Waals surface area contributed by atoms with Gasteiger partial charge in [-0.25, -0.2) is 5.01 Å². The van der Waals surface area contributed by atoms with Crippen LogP contribution in [0.25, 0.3) is 0 Å². The minimum Gasteiger partial charge on any atom is -0.361 e. The first-order valence-electron chi connectivity index (χ1n) is 10.4. The van der Waals surface area contributed by atoms with E-state index in [0.29, 0.717) is 17.0 Å². The summed E-state index contributed by atoms with van der Waals surface area (Å²) in [5.41, 5.74) is 4.53. The normalized spacial score (nSPS) is 24.0. The van der Waals surface area contributed by atoms with Crippen LogP contribution in [0.3, 0.4) is 0 Å². The van der Waals surface area contributed by atoms with E-state index in [0.717, 1.165) is 31.4 Å². The highest BCUT2D eigenvalue weighted by Gasteiger charge is 2.49. The van der Waals surface area contributed by atoms with Gasteiger partial charge >= 0.3 is 0 Å². The molecule has 0 aromatic heterocycles. The highest BCUT2D eigenvalue weighted by atomic mass is 16.2. The fourth-order valence-corrected chi connectivity index (χ4v) is 4.62. The Bertz CT molecular complexity index is 909. The molecule has 152 valence electrons. The van der Waals surface area contributed by atoms with Gasteiger partial charge in [0.15, 0.2) is 0 Å². The third-order valence-electron chi connectivity index (χ3n) is 6.44. The lowest BCUT2D eigenvalue weighted by molar-refractivity contribution is 0.00208. The number of hydrazine groups is 1. The van der Waals surface area contributed by atoms with Crippen molar-refractivity contribution in [3.63, 3.8) is 0 Å². The molecule has 29 heavy (non-hydrogen) atoms. The van der Waals surface area contributed by atoms with Crippen LogP contribution in [0, 0.1) is 11.3 Å². The number of carbonyl (C=O) groups is 2. The van der Waals surface area contributed by atoms with Crippen LogP contribution < -0.4 is 10.7 Å². The summed E-state index contributed by atoms with van der Waals surface area (Å²) >= 11 is 0. The first-order valence-corrected chi connectivity index (χ1v) is 10.4. The maximum absolute atomic E-state index is 13.4. The minimum absolute atomic E-state index is 0.155. The summed E-state index contributed by atoms with van der Waals surface area (Å²) in [5.74, 6) is 0.171. The molecule has 1 spiro atoms. The largest absolute Gasteiger partial charge is 0.361 e. The Kier molecular flexibility index (Phi) is 4.85. The Labute approximate surface area is 172 Å². The van der Waals surface area contributed by atoms with Gasteiger partial charge in [-0.3, -0.25) is 15.0 Å². The zero-order valence-electron chi connectivity index (χ0n) is 17.4. The van der Waals surface area contributed by atoms with Crippen LogP contribution >= 0.6 is 0 Å². The number of nitrogens with zero attached hydrogens (tertiary/aromatic N) is 1. The molecule has 2 aromatic carbocycles. The zero-order chi connectivity index (χ0) is 20.6. The molecule has 1 heterocycles. The highest BCUT2D eigenvalue weighted by molar-refractivity contribution is 6.04. The van der Waals surface area contributed by atoms with Crippen molar-refractivity contribution in [3.8, 4) is 0 Å². The number of nitrogens with one attached hydrogen (secondary N) is 2. The van der Waals surface area contributed by atoms with Crippen molar-refractivity contribution in [2.75, 3.05) is 5.32 Å². The summed E-state index contributed by atoms with van der Waals surface area (Å²) in [5, 5.41) is 5.17. The number of fused-ring (bicyclic) bond motifs is 1. The number of carbonyl (C=O) groups excluding carboxylic acids is 2. The number of amides is 2. The average molecular weight is 392 g/mol. The van der Waals surface area contributed by atoms with E-state index < -0.39 is 5.66 Å². The van der Waals surface area contributed by atoms with E-state index in [9.17, 15) is 9.59 Å². The monoisotopic (exact) mass is 391 g/mol. The highest BCUT2D eigenvalue weighted by Crippen LogP contribution is 2.45. The first kappa shape index (κ1) is 19.5. The quantitative estimate of drug-likeness (QED) is 0.771. The van der Waals surface area contributed by atoms with Crippen LogP contribution in [0.2, 0.25) is 0 Å². The molecular weight excluding hydrogens is 362 g/mol. The topological polar surface area (TPSA) is 61.4 Å². The van der Waals surface area contributed by atoms with Gasteiger partial charge in [0.2, 0.25) is 0 Å². The molecule has 0 unspecified atom stereocenters. The number of hydrogen-bond acceptors (Lipinski definition) is 3. The van der Waals surface area contributed by atoms with Gasteiger partial charge in [-0.15, -0.1) is 0 Å². The Morgan fingerprint density at radius 3 is 2.31 bits per heavy atom. The van der Waals surface area contributed by atoms with E-state index >= 15 is 0 Å². The molecule has 1 saturated carbocycles. The molecule has 2 N–H and O–H groups in total. The molecule has 5 nitrogen and oxygen atoms in total. The van der Waals surface area contributed by atoms with Crippen molar-refractivity contribution in [2.24, 2.45) is 11.3 Å². The summed E-state index contributed by atoms with van der Waals surface area (Å²) in [4.78, 5) is 26.3. The maximum atomic E-state index is 13.4. The van der Waals surface area contributed by atoms with E-state index in [1.54, 1.807) is 23.2 Å². The fraction of sp³-hybridized carbons (Fsp3) is 0.417. The van der Waals surface area contributed by atoms with Crippen LogP contribution in [0.5, 0.6) is 0 Å². The van der Waals surface area contributed by atoms with Gasteiger partial charge in [0, 0.05) is 11.3 Å². The number of benzene rings is 2. The summed E-state index contributed by atoms with van der Waals surface area (Å²) in [6.07, 6.45) is 3.60. The van der Waals surface area contributed by atoms with Crippen LogP contribution in [0.4, 0.5) is 5.69 Å². The zero-order valence-corrected chi connectivity index (χ0v) is 17.4. The standard InChI is InChI=1S/C24H29N3O2/c1-23(2,3)18-13-15-24(16-14-18)25-20-12-8-7-11-19(20)22(29)27(24)26-21(28)17-9-5-4-6-10-17/h4-12,18,25H,13-16H2,1-3H3,(H,26,28). The number of hydrogen-bond donors (Lipinski definition) is 2. The Hall–Kier alpha value is -2.82. The van der Waals surface area contributed by atoms with Crippen molar-refractivity contribution in [3.05, 3.63) is 65.7 Å². The van der Waals surface area contributed by atoms with E-state index in [4.69, 9.17) is 0 Å². The van der Waals surface area contributed by atoms with Gasteiger partial charge < -0.3 is 5.32 Å². The van der Waals surface area contributed by atoms with E-state index in [1.165, 1.54) is 0 Å². The summed E-state index contributed by atoms with van der Waals surface area (Å²) in [6, 6.07) is 16.6. The molecular formula is C24H29N3O2. The number of anilines is 1. The van der Waals surface area contributed by atoms with E-state index in [1.807, 2.05) is 36.4 Å². The lowest BCUT2D eigenvalue weighted by atomic mass is 9.69. The number of para-hydroxylation sites is 1.